The molecule has 0 amide bonds. The van der Waals surface area contributed by atoms with E-state index in [0.29, 0.717) is 0 Å². The van der Waals surface area contributed by atoms with E-state index >= 15 is 0 Å². The average molecular weight is 175 g/mol. The Morgan fingerprint density at radius 1 is 1.31 bits per heavy atom. The zero-order valence-electron chi connectivity index (χ0n) is 8.46. The van der Waals surface area contributed by atoms with E-state index in [1.54, 1.807) is 0 Å². The SMILES string of the molecule is C=C(C)N(C)CCc1ccccc1. The van der Waals surface area contributed by atoms with Crippen LogP contribution >= 0.6 is 0 Å². The van der Waals surface area contributed by atoms with Gasteiger partial charge in [-0.1, -0.05) is 36.9 Å². The van der Waals surface area contributed by atoms with Crippen molar-refractivity contribution in [1.82, 2.24) is 4.90 Å². The van der Waals surface area contributed by atoms with Crippen LogP contribution in [0.5, 0.6) is 0 Å². The second-order valence-electron chi connectivity index (χ2n) is 3.39. The van der Waals surface area contributed by atoms with E-state index in [-0.39, 0.29) is 0 Å². The lowest BCUT2D eigenvalue weighted by Gasteiger charge is -2.18. The number of allylic oxidation sites excluding steroid dienone is 1. The zero-order chi connectivity index (χ0) is 9.68. The predicted octanol–water partition coefficient (Wildman–Crippen LogP) is 2.69. The molecule has 0 spiro atoms. The molecule has 0 aliphatic rings. The molecule has 1 heteroatoms. The molecule has 1 nitrogen and oxygen atoms in total. The van der Waals surface area contributed by atoms with Crippen molar-refractivity contribution < 1.29 is 0 Å². The molecule has 1 aromatic rings. The van der Waals surface area contributed by atoms with Gasteiger partial charge in [0.05, 0.1) is 0 Å². The largest absolute Gasteiger partial charge is 0.378 e. The van der Waals surface area contributed by atoms with Crippen LogP contribution in [-0.2, 0) is 6.42 Å². The van der Waals surface area contributed by atoms with Crippen molar-refractivity contribution in [2.75, 3.05) is 13.6 Å². The zero-order valence-corrected chi connectivity index (χ0v) is 8.46. The molecule has 0 aliphatic heterocycles. The molecule has 0 aliphatic carbocycles. The molecule has 0 unspecified atom stereocenters. The van der Waals surface area contributed by atoms with Crippen LogP contribution < -0.4 is 0 Å². The molecule has 0 saturated heterocycles. The molecule has 0 aromatic heterocycles. The highest BCUT2D eigenvalue weighted by Gasteiger charge is 1.96. The standard InChI is InChI=1S/C12H17N/c1-11(2)13(3)10-9-12-7-5-4-6-8-12/h4-8H,1,9-10H2,2-3H3. The normalized spacial score (nSPS) is 9.69. The van der Waals surface area contributed by atoms with Crippen LogP contribution in [-0.4, -0.2) is 18.5 Å². The van der Waals surface area contributed by atoms with Crippen LogP contribution in [0.1, 0.15) is 12.5 Å². The van der Waals surface area contributed by atoms with Crippen molar-refractivity contribution in [3.63, 3.8) is 0 Å². The van der Waals surface area contributed by atoms with Gasteiger partial charge in [0.25, 0.3) is 0 Å². The summed E-state index contributed by atoms with van der Waals surface area (Å²) in [5.74, 6) is 0. The third-order valence-corrected chi connectivity index (χ3v) is 2.23. The Morgan fingerprint density at radius 3 is 2.46 bits per heavy atom. The first-order valence-corrected chi connectivity index (χ1v) is 4.60. The number of likely N-dealkylation sites (N-methyl/N-ethyl adjacent to an activating group) is 1. The maximum atomic E-state index is 3.89. The number of hydrogen-bond donors (Lipinski definition) is 0. The second-order valence-corrected chi connectivity index (χ2v) is 3.39. The number of hydrogen-bond acceptors (Lipinski definition) is 1. The lowest BCUT2D eigenvalue weighted by atomic mass is 10.1. The van der Waals surface area contributed by atoms with Gasteiger partial charge >= 0.3 is 0 Å². The summed E-state index contributed by atoms with van der Waals surface area (Å²) in [5.41, 5.74) is 2.51. The summed E-state index contributed by atoms with van der Waals surface area (Å²) in [4.78, 5) is 2.17. The fourth-order valence-electron chi connectivity index (χ4n) is 1.13. The maximum Gasteiger partial charge on any atom is 0.0211 e. The minimum Gasteiger partial charge on any atom is -0.378 e. The molecule has 0 fully saturated rings. The molecule has 13 heavy (non-hydrogen) atoms. The minimum absolute atomic E-state index is 1.04. The van der Waals surface area contributed by atoms with E-state index in [9.17, 15) is 0 Å². The molecule has 0 N–H and O–H groups in total. The van der Waals surface area contributed by atoms with E-state index in [1.165, 1.54) is 5.56 Å². The first-order chi connectivity index (χ1) is 6.20. The van der Waals surface area contributed by atoms with Crippen molar-refractivity contribution in [1.29, 1.82) is 0 Å². The summed E-state index contributed by atoms with van der Waals surface area (Å²) in [6.07, 6.45) is 1.09. The molecule has 1 aromatic carbocycles. The minimum atomic E-state index is 1.04. The monoisotopic (exact) mass is 175 g/mol. The quantitative estimate of drug-likeness (QED) is 0.680. The third-order valence-electron chi connectivity index (χ3n) is 2.23. The van der Waals surface area contributed by atoms with Gasteiger partial charge in [0.1, 0.15) is 0 Å². The summed E-state index contributed by atoms with van der Waals surface area (Å²) in [5, 5.41) is 0. The number of benzene rings is 1. The highest BCUT2D eigenvalue weighted by molar-refractivity contribution is 5.15. The van der Waals surface area contributed by atoms with Gasteiger partial charge in [0.2, 0.25) is 0 Å². The molecule has 0 radical (unpaired) electrons. The predicted molar refractivity (Wildman–Crippen MR) is 57.6 cm³/mol. The van der Waals surface area contributed by atoms with Crippen LogP contribution in [0.2, 0.25) is 0 Å². The van der Waals surface area contributed by atoms with Gasteiger partial charge in [-0.25, -0.2) is 0 Å². The van der Waals surface area contributed by atoms with Gasteiger partial charge in [-0.2, -0.15) is 0 Å². The fraction of sp³-hybridized carbons (Fsp3) is 0.333. The summed E-state index contributed by atoms with van der Waals surface area (Å²) < 4.78 is 0. The first kappa shape index (κ1) is 9.85. The highest BCUT2D eigenvalue weighted by atomic mass is 15.1. The number of rotatable bonds is 4. The lowest BCUT2D eigenvalue weighted by molar-refractivity contribution is 0.425. The van der Waals surface area contributed by atoms with Crippen LogP contribution in [0.3, 0.4) is 0 Å². The molecule has 0 atom stereocenters. The third kappa shape index (κ3) is 3.32. The van der Waals surface area contributed by atoms with Gasteiger partial charge in [0.15, 0.2) is 0 Å². The van der Waals surface area contributed by atoms with E-state index in [1.807, 2.05) is 13.0 Å². The maximum absolute atomic E-state index is 3.89. The molecular formula is C12H17N. The summed E-state index contributed by atoms with van der Waals surface area (Å²) >= 11 is 0. The summed E-state index contributed by atoms with van der Waals surface area (Å²) in [6.45, 7) is 6.97. The van der Waals surface area contributed by atoms with Gasteiger partial charge in [-0.05, 0) is 18.9 Å². The van der Waals surface area contributed by atoms with E-state index in [2.05, 4.69) is 42.8 Å². The van der Waals surface area contributed by atoms with Gasteiger partial charge in [0, 0.05) is 19.3 Å². The first-order valence-electron chi connectivity index (χ1n) is 4.60. The second kappa shape index (κ2) is 4.70. The molecule has 0 bridgehead atoms. The lowest BCUT2D eigenvalue weighted by Crippen LogP contribution is -2.18. The van der Waals surface area contributed by atoms with E-state index < -0.39 is 0 Å². The van der Waals surface area contributed by atoms with Crippen molar-refractivity contribution in [2.24, 2.45) is 0 Å². The van der Waals surface area contributed by atoms with Gasteiger partial charge in [-0.3, -0.25) is 0 Å². The van der Waals surface area contributed by atoms with Crippen LogP contribution in [0, 0.1) is 0 Å². The molecule has 0 heterocycles. The molecule has 70 valence electrons. The number of nitrogens with zero attached hydrogens (tertiary/aromatic N) is 1. The fourth-order valence-corrected chi connectivity index (χ4v) is 1.13. The van der Waals surface area contributed by atoms with Crippen LogP contribution in [0.25, 0.3) is 0 Å². The topological polar surface area (TPSA) is 3.24 Å². The Hall–Kier alpha value is -1.24. The van der Waals surface area contributed by atoms with Gasteiger partial charge in [-0.15, -0.1) is 0 Å². The average Bonchev–Trinajstić information content (AvgIpc) is 2.15. The van der Waals surface area contributed by atoms with Crippen LogP contribution in [0.4, 0.5) is 0 Å². The molecule has 1 rings (SSSR count). The Morgan fingerprint density at radius 2 is 1.92 bits per heavy atom. The van der Waals surface area contributed by atoms with Gasteiger partial charge < -0.3 is 4.90 Å². The summed E-state index contributed by atoms with van der Waals surface area (Å²) in [7, 11) is 2.07. The summed E-state index contributed by atoms with van der Waals surface area (Å²) in [6, 6.07) is 10.5. The Labute approximate surface area is 80.7 Å². The highest BCUT2D eigenvalue weighted by Crippen LogP contribution is 2.02. The van der Waals surface area contributed by atoms with Crippen molar-refractivity contribution in [3.8, 4) is 0 Å². The van der Waals surface area contributed by atoms with E-state index in [4.69, 9.17) is 0 Å². The Kier molecular flexibility index (Phi) is 3.56. The molecular weight excluding hydrogens is 158 g/mol. The Bertz CT molecular complexity index is 264. The van der Waals surface area contributed by atoms with Crippen molar-refractivity contribution >= 4 is 0 Å². The van der Waals surface area contributed by atoms with Crippen molar-refractivity contribution in [3.05, 3.63) is 48.2 Å². The van der Waals surface area contributed by atoms with Crippen molar-refractivity contribution in [2.45, 2.75) is 13.3 Å². The van der Waals surface area contributed by atoms with E-state index in [0.717, 1.165) is 18.7 Å². The molecule has 0 saturated carbocycles. The Balaban J connectivity index is 2.39. The smallest absolute Gasteiger partial charge is 0.0211 e. The van der Waals surface area contributed by atoms with Crippen LogP contribution in [0.15, 0.2) is 42.6 Å².